The van der Waals surface area contributed by atoms with E-state index in [9.17, 15) is 14.7 Å². The molecule has 0 aromatic carbocycles. The van der Waals surface area contributed by atoms with E-state index in [2.05, 4.69) is 6.92 Å². The summed E-state index contributed by atoms with van der Waals surface area (Å²) in [5.41, 5.74) is -1.17. The van der Waals surface area contributed by atoms with Crippen LogP contribution in [0, 0.1) is 28.6 Å². The number of carbonyl (C=O) groups is 2. The summed E-state index contributed by atoms with van der Waals surface area (Å²) in [5, 5.41) is 10.7. The van der Waals surface area contributed by atoms with E-state index in [1.165, 1.54) is 0 Å². The van der Waals surface area contributed by atoms with Crippen molar-refractivity contribution < 1.29 is 24.2 Å². The lowest BCUT2D eigenvalue weighted by molar-refractivity contribution is -0.204. The predicted molar refractivity (Wildman–Crippen MR) is 88.0 cm³/mol. The van der Waals surface area contributed by atoms with Gasteiger partial charge in [0.2, 0.25) is 0 Å². The quantitative estimate of drug-likeness (QED) is 0.798. The Morgan fingerprint density at radius 2 is 1.67 bits per heavy atom. The van der Waals surface area contributed by atoms with Gasteiger partial charge in [-0.1, -0.05) is 6.92 Å². The molecule has 4 bridgehead atoms. The van der Waals surface area contributed by atoms with E-state index in [1.54, 1.807) is 20.8 Å². The molecule has 0 aromatic rings. The van der Waals surface area contributed by atoms with Gasteiger partial charge >= 0.3 is 11.9 Å². The summed E-state index contributed by atoms with van der Waals surface area (Å²) < 4.78 is 10.5. The van der Waals surface area contributed by atoms with Crippen molar-refractivity contribution in [2.24, 2.45) is 28.6 Å². The molecule has 2 unspecified atom stereocenters. The second kappa shape index (κ2) is 5.72. The molecule has 4 aliphatic rings. The molecule has 4 aliphatic carbocycles. The van der Waals surface area contributed by atoms with Gasteiger partial charge in [-0.25, -0.2) is 4.79 Å². The second-order valence-electron chi connectivity index (χ2n) is 9.56. The summed E-state index contributed by atoms with van der Waals surface area (Å²) in [4.78, 5) is 23.7. The molecule has 0 heterocycles. The molecular formula is C19H30O5. The van der Waals surface area contributed by atoms with Crippen molar-refractivity contribution in [3.63, 3.8) is 0 Å². The lowest BCUT2D eigenvalue weighted by Crippen LogP contribution is -2.60. The highest BCUT2D eigenvalue weighted by Crippen LogP contribution is 2.63. The number of ether oxygens (including phenoxy) is 2. The zero-order valence-electron chi connectivity index (χ0n) is 15.3. The summed E-state index contributed by atoms with van der Waals surface area (Å²) in [6.45, 7) is 7.48. The molecule has 0 aromatic heterocycles. The number of rotatable bonds is 4. The third-order valence-corrected chi connectivity index (χ3v) is 6.50. The Morgan fingerprint density at radius 1 is 1.08 bits per heavy atom. The van der Waals surface area contributed by atoms with Crippen molar-refractivity contribution in [1.82, 2.24) is 0 Å². The summed E-state index contributed by atoms with van der Waals surface area (Å²) in [6, 6.07) is 0. The number of hydrogen-bond donors (Lipinski definition) is 1. The van der Waals surface area contributed by atoms with Crippen LogP contribution in [-0.2, 0) is 19.1 Å². The zero-order chi connectivity index (χ0) is 17.8. The lowest BCUT2D eigenvalue weighted by atomic mass is 9.45. The average Bonchev–Trinajstić information content (AvgIpc) is 2.45. The van der Waals surface area contributed by atoms with Gasteiger partial charge in [-0.05, 0) is 70.6 Å². The molecule has 136 valence electrons. The molecule has 0 amide bonds. The number of hydrogen-bond acceptors (Lipinski definition) is 5. The second-order valence-corrected chi connectivity index (χ2v) is 9.56. The first-order valence-electron chi connectivity index (χ1n) is 9.07. The Labute approximate surface area is 144 Å². The van der Waals surface area contributed by atoms with Crippen molar-refractivity contribution in [2.45, 2.75) is 65.4 Å². The molecule has 1 N–H and O–H groups in total. The molecule has 0 spiro atoms. The fourth-order valence-corrected chi connectivity index (χ4v) is 5.13. The number of esters is 2. The van der Waals surface area contributed by atoms with E-state index < -0.39 is 23.0 Å². The highest BCUT2D eigenvalue weighted by Gasteiger charge is 2.60. The van der Waals surface area contributed by atoms with Crippen LogP contribution in [0.5, 0.6) is 0 Å². The van der Waals surface area contributed by atoms with E-state index in [4.69, 9.17) is 9.47 Å². The van der Waals surface area contributed by atoms with Crippen LogP contribution >= 0.6 is 0 Å². The van der Waals surface area contributed by atoms with E-state index in [-0.39, 0.29) is 12.0 Å². The van der Waals surface area contributed by atoms with Gasteiger partial charge in [0, 0.05) is 5.41 Å². The van der Waals surface area contributed by atoms with Gasteiger partial charge in [-0.15, -0.1) is 0 Å². The fraction of sp³-hybridized carbons (Fsp3) is 0.895. The minimum absolute atomic E-state index is 0.0627. The Kier molecular flexibility index (Phi) is 4.22. The Hall–Kier alpha value is -1.10. The summed E-state index contributed by atoms with van der Waals surface area (Å²) in [6.07, 6.45) is 4.86. The van der Waals surface area contributed by atoms with Gasteiger partial charge in [0.15, 0.2) is 6.61 Å². The predicted octanol–water partition coefficient (Wildman–Crippen LogP) is 2.70. The van der Waals surface area contributed by atoms with Crippen LogP contribution in [-0.4, -0.2) is 35.9 Å². The van der Waals surface area contributed by atoms with E-state index in [1.807, 2.05) is 0 Å². The molecule has 4 fully saturated rings. The van der Waals surface area contributed by atoms with Crippen molar-refractivity contribution in [2.75, 3.05) is 13.2 Å². The molecule has 2 atom stereocenters. The maximum atomic E-state index is 12.0. The summed E-state index contributed by atoms with van der Waals surface area (Å²) in [5.74, 6) is 0.574. The van der Waals surface area contributed by atoms with Crippen molar-refractivity contribution in [1.29, 1.82) is 0 Å². The standard InChI is InChI=1S/C19H30O5/c1-17(2,3)16(21)23-10-15(20)24-11-18(4)13-5-12-6-14(18)9-19(22,7-12)8-13/h12-14,22H,5-11H2,1-4H3. The van der Waals surface area contributed by atoms with Crippen LogP contribution in [0.3, 0.4) is 0 Å². The van der Waals surface area contributed by atoms with Gasteiger partial charge in [0.1, 0.15) is 0 Å². The molecule has 4 saturated carbocycles. The third kappa shape index (κ3) is 3.19. The third-order valence-electron chi connectivity index (χ3n) is 6.50. The van der Waals surface area contributed by atoms with E-state index >= 15 is 0 Å². The van der Waals surface area contributed by atoms with Crippen LogP contribution in [0.4, 0.5) is 0 Å². The number of carbonyl (C=O) groups excluding carboxylic acids is 2. The van der Waals surface area contributed by atoms with Crippen molar-refractivity contribution in [3.05, 3.63) is 0 Å². The van der Waals surface area contributed by atoms with Gasteiger partial charge in [-0.3, -0.25) is 4.79 Å². The van der Waals surface area contributed by atoms with Crippen LogP contribution in [0.15, 0.2) is 0 Å². The average molecular weight is 338 g/mol. The monoisotopic (exact) mass is 338 g/mol. The van der Waals surface area contributed by atoms with Gasteiger partial charge in [-0.2, -0.15) is 0 Å². The largest absolute Gasteiger partial charge is 0.463 e. The van der Waals surface area contributed by atoms with Crippen LogP contribution in [0.1, 0.15) is 59.8 Å². The molecule has 5 nitrogen and oxygen atoms in total. The van der Waals surface area contributed by atoms with Crippen molar-refractivity contribution in [3.8, 4) is 0 Å². The zero-order valence-corrected chi connectivity index (χ0v) is 15.3. The van der Waals surface area contributed by atoms with Crippen LogP contribution in [0.2, 0.25) is 0 Å². The van der Waals surface area contributed by atoms with Gasteiger partial charge in [0.25, 0.3) is 0 Å². The first kappa shape index (κ1) is 17.7. The number of aliphatic hydroxyl groups is 1. The van der Waals surface area contributed by atoms with E-state index in [0.717, 1.165) is 32.1 Å². The Morgan fingerprint density at radius 3 is 2.17 bits per heavy atom. The Balaban J connectivity index is 1.53. The topological polar surface area (TPSA) is 72.8 Å². The minimum atomic E-state index is -0.622. The highest BCUT2D eigenvalue weighted by atomic mass is 16.6. The maximum Gasteiger partial charge on any atom is 0.344 e. The fourth-order valence-electron chi connectivity index (χ4n) is 5.13. The summed E-state index contributed by atoms with van der Waals surface area (Å²) >= 11 is 0. The SMILES string of the molecule is CC(C)(C)C(=O)OCC(=O)OCC1(C)C2CC3CC1CC(O)(C3)C2. The van der Waals surface area contributed by atoms with Crippen molar-refractivity contribution >= 4 is 11.9 Å². The molecule has 0 radical (unpaired) electrons. The maximum absolute atomic E-state index is 12.0. The lowest BCUT2D eigenvalue weighted by Gasteiger charge is -2.62. The van der Waals surface area contributed by atoms with Gasteiger partial charge < -0.3 is 14.6 Å². The van der Waals surface area contributed by atoms with E-state index in [0.29, 0.717) is 24.4 Å². The highest BCUT2D eigenvalue weighted by molar-refractivity contribution is 5.79. The molecule has 0 aliphatic heterocycles. The Bertz CT molecular complexity index is 516. The first-order valence-corrected chi connectivity index (χ1v) is 9.07. The molecule has 24 heavy (non-hydrogen) atoms. The molecule has 5 heteroatoms. The summed E-state index contributed by atoms with van der Waals surface area (Å²) in [7, 11) is 0. The molecular weight excluding hydrogens is 308 g/mol. The minimum Gasteiger partial charge on any atom is -0.463 e. The van der Waals surface area contributed by atoms with Crippen LogP contribution < -0.4 is 0 Å². The molecule has 0 saturated heterocycles. The first-order chi connectivity index (χ1) is 11.0. The smallest absolute Gasteiger partial charge is 0.344 e. The van der Waals surface area contributed by atoms with Gasteiger partial charge in [0.05, 0.1) is 17.6 Å². The molecule has 4 rings (SSSR count). The van der Waals surface area contributed by atoms with Crippen LogP contribution in [0.25, 0.3) is 0 Å². The normalized spacial score (nSPS) is 40.5.